The molecule has 0 amide bonds. The van der Waals surface area contributed by atoms with E-state index in [0.717, 1.165) is 16.6 Å². The molecular weight excluding hydrogens is 342 g/mol. The van der Waals surface area contributed by atoms with Gasteiger partial charge in [0.05, 0.1) is 22.4 Å². The van der Waals surface area contributed by atoms with Crippen LogP contribution in [0, 0.1) is 0 Å². The molecular formula is C25H19N3. The van der Waals surface area contributed by atoms with Crippen LogP contribution in [0.15, 0.2) is 79.3 Å². The fourth-order valence-corrected chi connectivity index (χ4v) is 4.93. The van der Waals surface area contributed by atoms with E-state index in [4.69, 9.17) is 0 Å². The average molecular weight is 361 g/mol. The molecule has 0 atom stereocenters. The first-order valence-electron chi connectivity index (χ1n) is 9.61. The lowest BCUT2D eigenvalue weighted by molar-refractivity contribution is 0.666. The number of para-hydroxylation sites is 1. The molecule has 0 bridgehead atoms. The van der Waals surface area contributed by atoms with Crippen LogP contribution in [0.4, 0.5) is 0 Å². The molecule has 0 aliphatic heterocycles. The molecule has 3 heteroatoms. The maximum absolute atomic E-state index is 4.47. The van der Waals surface area contributed by atoms with Gasteiger partial charge in [0.2, 0.25) is 0 Å². The van der Waals surface area contributed by atoms with Crippen LogP contribution < -0.4 is 0 Å². The summed E-state index contributed by atoms with van der Waals surface area (Å²) in [6.45, 7) is 4.67. The zero-order valence-corrected chi connectivity index (χ0v) is 15.8. The van der Waals surface area contributed by atoms with Crippen molar-refractivity contribution < 1.29 is 0 Å². The lowest BCUT2D eigenvalue weighted by Crippen LogP contribution is -2.14. The molecule has 0 saturated heterocycles. The standard InChI is InChI=1S/C25H19N3/c1-25(2)19-10-5-3-8-16(19)24-23(25)17-9-4-6-12-21(17)28(24)22-13-7-11-20-18(22)14-26-15-27-20/h3-15H,1-2H3. The summed E-state index contributed by atoms with van der Waals surface area (Å²) < 4.78 is 2.41. The Morgan fingerprint density at radius 2 is 1.64 bits per heavy atom. The molecule has 3 nitrogen and oxygen atoms in total. The van der Waals surface area contributed by atoms with Crippen molar-refractivity contribution in [1.82, 2.24) is 14.5 Å². The van der Waals surface area contributed by atoms with Crippen LogP contribution in [0.5, 0.6) is 0 Å². The second-order valence-electron chi connectivity index (χ2n) is 7.98. The van der Waals surface area contributed by atoms with Gasteiger partial charge in [-0.3, -0.25) is 0 Å². The predicted molar refractivity (Wildman–Crippen MR) is 114 cm³/mol. The SMILES string of the molecule is CC1(C)c2ccccc2-c2c1c1ccccc1n2-c1cccc2ncncc12. The lowest BCUT2D eigenvalue weighted by atomic mass is 9.81. The molecule has 1 aliphatic carbocycles. The molecule has 0 radical (unpaired) electrons. The third kappa shape index (κ3) is 1.83. The Balaban J connectivity index is 1.85. The summed E-state index contributed by atoms with van der Waals surface area (Å²) in [5.41, 5.74) is 8.66. The minimum absolute atomic E-state index is 0.0438. The van der Waals surface area contributed by atoms with E-state index in [-0.39, 0.29) is 5.41 Å². The molecule has 5 aromatic rings. The highest BCUT2D eigenvalue weighted by atomic mass is 15.0. The summed E-state index contributed by atoms with van der Waals surface area (Å²) >= 11 is 0. The van der Waals surface area contributed by atoms with Gasteiger partial charge in [-0.2, -0.15) is 0 Å². The predicted octanol–water partition coefficient (Wildman–Crippen LogP) is 5.88. The van der Waals surface area contributed by atoms with Crippen molar-refractivity contribution in [3.8, 4) is 16.9 Å². The van der Waals surface area contributed by atoms with E-state index in [9.17, 15) is 0 Å². The van der Waals surface area contributed by atoms with Gasteiger partial charge in [-0.15, -0.1) is 0 Å². The first-order chi connectivity index (χ1) is 13.7. The Morgan fingerprint density at radius 3 is 2.57 bits per heavy atom. The minimum Gasteiger partial charge on any atom is -0.308 e. The van der Waals surface area contributed by atoms with Crippen molar-refractivity contribution in [3.05, 3.63) is 90.4 Å². The molecule has 0 N–H and O–H groups in total. The van der Waals surface area contributed by atoms with E-state index >= 15 is 0 Å². The van der Waals surface area contributed by atoms with Gasteiger partial charge < -0.3 is 4.57 Å². The Hall–Kier alpha value is -3.46. The van der Waals surface area contributed by atoms with Crippen molar-refractivity contribution in [2.45, 2.75) is 19.3 Å². The molecule has 0 fully saturated rings. The van der Waals surface area contributed by atoms with E-state index < -0.39 is 0 Å². The highest BCUT2D eigenvalue weighted by Crippen LogP contribution is 2.53. The van der Waals surface area contributed by atoms with Gasteiger partial charge in [-0.05, 0) is 29.3 Å². The Bertz CT molecular complexity index is 1390. The number of hydrogen-bond acceptors (Lipinski definition) is 2. The molecule has 3 aromatic carbocycles. The largest absolute Gasteiger partial charge is 0.308 e. The molecule has 0 saturated carbocycles. The summed E-state index contributed by atoms with van der Waals surface area (Å²) in [4.78, 5) is 8.78. The summed E-state index contributed by atoms with van der Waals surface area (Å²) in [6, 6.07) is 23.8. The Labute approximate surface area is 163 Å². The highest BCUT2D eigenvalue weighted by molar-refractivity contribution is 6.01. The van der Waals surface area contributed by atoms with Crippen molar-refractivity contribution in [2.75, 3.05) is 0 Å². The topological polar surface area (TPSA) is 30.7 Å². The normalized spacial score (nSPS) is 14.4. The van der Waals surface area contributed by atoms with E-state index in [1.807, 2.05) is 12.3 Å². The molecule has 0 spiro atoms. The number of benzene rings is 3. The highest BCUT2D eigenvalue weighted by Gasteiger charge is 2.40. The van der Waals surface area contributed by atoms with Crippen LogP contribution in [-0.2, 0) is 5.41 Å². The van der Waals surface area contributed by atoms with Crippen molar-refractivity contribution in [2.24, 2.45) is 0 Å². The van der Waals surface area contributed by atoms with Gasteiger partial charge in [0, 0.05) is 27.9 Å². The summed E-state index contributed by atoms with van der Waals surface area (Å²) in [5.74, 6) is 0. The zero-order chi connectivity index (χ0) is 18.9. The molecule has 6 rings (SSSR count). The number of fused-ring (bicyclic) bond motifs is 6. The maximum atomic E-state index is 4.47. The van der Waals surface area contributed by atoms with Crippen molar-refractivity contribution >= 4 is 21.8 Å². The van der Waals surface area contributed by atoms with Crippen LogP contribution in [0.2, 0.25) is 0 Å². The second kappa shape index (κ2) is 5.29. The van der Waals surface area contributed by atoms with Crippen molar-refractivity contribution in [3.63, 3.8) is 0 Å². The first kappa shape index (κ1) is 15.6. The fourth-order valence-electron chi connectivity index (χ4n) is 4.93. The smallest absolute Gasteiger partial charge is 0.116 e. The average Bonchev–Trinajstić information content (AvgIpc) is 3.19. The van der Waals surface area contributed by atoms with Crippen LogP contribution in [0.3, 0.4) is 0 Å². The quantitative estimate of drug-likeness (QED) is 0.373. The van der Waals surface area contributed by atoms with E-state index in [1.165, 1.54) is 33.3 Å². The van der Waals surface area contributed by atoms with Gasteiger partial charge in [-0.25, -0.2) is 9.97 Å². The molecule has 134 valence electrons. The van der Waals surface area contributed by atoms with E-state index in [2.05, 4.69) is 89.0 Å². The van der Waals surface area contributed by atoms with Gasteiger partial charge in [-0.1, -0.05) is 62.4 Å². The number of hydrogen-bond donors (Lipinski definition) is 0. The summed E-state index contributed by atoms with van der Waals surface area (Å²) in [7, 11) is 0. The van der Waals surface area contributed by atoms with Gasteiger partial charge in [0.25, 0.3) is 0 Å². The molecule has 28 heavy (non-hydrogen) atoms. The summed E-state index contributed by atoms with van der Waals surface area (Å²) in [6.07, 6.45) is 3.54. The zero-order valence-electron chi connectivity index (χ0n) is 15.8. The Kier molecular flexibility index (Phi) is 2.95. The molecule has 2 aromatic heterocycles. The first-order valence-corrected chi connectivity index (χ1v) is 9.61. The van der Waals surface area contributed by atoms with Gasteiger partial charge >= 0.3 is 0 Å². The Morgan fingerprint density at radius 1 is 0.821 bits per heavy atom. The van der Waals surface area contributed by atoms with Crippen molar-refractivity contribution in [1.29, 1.82) is 0 Å². The third-order valence-electron chi connectivity index (χ3n) is 6.12. The van der Waals surface area contributed by atoms with E-state index in [0.29, 0.717) is 0 Å². The van der Waals surface area contributed by atoms with Crippen LogP contribution >= 0.6 is 0 Å². The number of rotatable bonds is 1. The monoisotopic (exact) mass is 361 g/mol. The second-order valence-corrected chi connectivity index (χ2v) is 7.98. The number of nitrogens with zero attached hydrogens (tertiary/aromatic N) is 3. The molecule has 2 heterocycles. The molecule has 0 unspecified atom stereocenters. The molecule has 1 aliphatic rings. The summed E-state index contributed by atoms with van der Waals surface area (Å²) in [5, 5.41) is 2.38. The van der Waals surface area contributed by atoms with Crippen LogP contribution in [0.25, 0.3) is 38.8 Å². The number of aromatic nitrogens is 3. The van der Waals surface area contributed by atoms with Crippen LogP contribution in [0.1, 0.15) is 25.0 Å². The minimum atomic E-state index is -0.0438. The van der Waals surface area contributed by atoms with Crippen LogP contribution in [-0.4, -0.2) is 14.5 Å². The maximum Gasteiger partial charge on any atom is 0.116 e. The van der Waals surface area contributed by atoms with Gasteiger partial charge in [0.1, 0.15) is 6.33 Å². The lowest BCUT2D eigenvalue weighted by Gasteiger charge is -2.21. The fraction of sp³-hybridized carbons (Fsp3) is 0.120. The third-order valence-corrected chi connectivity index (χ3v) is 6.12. The van der Waals surface area contributed by atoms with E-state index in [1.54, 1.807) is 6.33 Å². The van der Waals surface area contributed by atoms with Gasteiger partial charge in [0.15, 0.2) is 0 Å².